The standard InChI is InChI=1S/C14H15N3O2/c18-12-3-1-2-11(10-12)14-15-5-4-13(16-14)17-6-8-19-9-7-17/h1-5,10,18H,6-9H2. The van der Waals surface area contributed by atoms with Crippen LogP contribution in [0.2, 0.25) is 0 Å². The van der Waals surface area contributed by atoms with Crippen LogP contribution in [0.3, 0.4) is 0 Å². The minimum Gasteiger partial charge on any atom is -0.508 e. The molecule has 1 N–H and O–H groups in total. The molecule has 1 aromatic heterocycles. The maximum absolute atomic E-state index is 9.51. The molecule has 5 nitrogen and oxygen atoms in total. The second kappa shape index (κ2) is 5.24. The molecule has 3 rings (SSSR count). The Bertz CT molecular complexity index is 568. The number of hydrogen-bond acceptors (Lipinski definition) is 5. The number of anilines is 1. The van der Waals surface area contributed by atoms with Gasteiger partial charge in [-0.25, -0.2) is 9.97 Å². The van der Waals surface area contributed by atoms with Crippen molar-refractivity contribution in [1.82, 2.24) is 9.97 Å². The quantitative estimate of drug-likeness (QED) is 0.887. The molecule has 0 atom stereocenters. The van der Waals surface area contributed by atoms with Gasteiger partial charge in [0.15, 0.2) is 5.82 Å². The molecule has 1 aliphatic rings. The Morgan fingerprint density at radius 2 is 2.00 bits per heavy atom. The van der Waals surface area contributed by atoms with Crippen LogP contribution in [0.5, 0.6) is 5.75 Å². The van der Waals surface area contributed by atoms with Crippen molar-refractivity contribution >= 4 is 5.82 Å². The summed E-state index contributed by atoms with van der Waals surface area (Å²) in [6.45, 7) is 3.14. The lowest BCUT2D eigenvalue weighted by atomic mass is 10.2. The zero-order valence-corrected chi connectivity index (χ0v) is 10.5. The molecule has 2 heterocycles. The first-order valence-corrected chi connectivity index (χ1v) is 6.28. The second-order valence-corrected chi connectivity index (χ2v) is 4.39. The number of nitrogens with zero attached hydrogens (tertiary/aromatic N) is 3. The highest BCUT2D eigenvalue weighted by Gasteiger charge is 2.13. The molecule has 1 aliphatic heterocycles. The van der Waals surface area contributed by atoms with Crippen molar-refractivity contribution < 1.29 is 9.84 Å². The lowest BCUT2D eigenvalue weighted by Crippen LogP contribution is -2.36. The van der Waals surface area contributed by atoms with Gasteiger partial charge in [-0.05, 0) is 18.2 Å². The van der Waals surface area contributed by atoms with Crippen LogP contribution in [0.25, 0.3) is 11.4 Å². The molecule has 0 aliphatic carbocycles. The Kier molecular flexibility index (Phi) is 3.29. The van der Waals surface area contributed by atoms with Crippen molar-refractivity contribution in [2.45, 2.75) is 0 Å². The fourth-order valence-electron chi connectivity index (χ4n) is 2.10. The number of morpholine rings is 1. The number of aromatic hydroxyl groups is 1. The largest absolute Gasteiger partial charge is 0.508 e. The topological polar surface area (TPSA) is 58.5 Å². The van der Waals surface area contributed by atoms with Gasteiger partial charge in [-0.1, -0.05) is 12.1 Å². The molecule has 0 amide bonds. The zero-order chi connectivity index (χ0) is 13.1. The van der Waals surface area contributed by atoms with Gasteiger partial charge in [-0.15, -0.1) is 0 Å². The molecule has 1 aromatic carbocycles. The Hall–Kier alpha value is -2.14. The molecule has 5 heteroatoms. The molecule has 19 heavy (non-hydrogen) atoms. The van der Waals surface area contributed by atoms with Gasteiger partial charge >= 0.3 is 0 Å². The van der Waals surface area contributed by atoms with Gasteiger partial charge in [0.05, 0.1) is 13.2 Å². The maximum atomic E-state index is 9.51. The Labute approximate surface area is 111 Å². The van der Waals surface area contributed by atoms with Gasteiger partial charge in [-0.3, -0.25) is 0 Å². The SMILES string of the molecule is Oc1cccc(-c2nccc(N3CCOCC3)n2)c1. The van der Waals surface area contributed by atoms with Gasteiger partial charge < -0.3 is 14.7 Å². The van der Waals surface area contributed by atoms with E-state index < -0.39 is 0 Å². The van der Waals surface area contributed by atoms with E-state index in [-0.39, 0.29) is 5.75 Å². The molecule has 0 saturated carbocycles. The molecular formula is C14H15N3O2. The summed E-state index contributed by atoms with van der Waals surface area (Å²) in [4.78, 5) is 11.0. The van der Waals surface area contributed by atoms with Gasteiger partial charge in [0, 0.05) is 24.8 Å². The lowest BCUT2D eigenvalue weighted by Gasteiger charge is -2.27. The number of phenolic OH excluding ortho intramolecular Hbond substituents is 1. The van der Waals surface area contributed by atoms with E-state index in [1.54, 1.807) is 24.4 Å². The molecule has 1 saturated heterocycles. The Balaban J connectivity index is 1.91. The average Bonchev–Trinajstić information content (AvgIpc) is 2.48. The first-order valence-electron chi connectivity index (χ1n) is 6.28. The summed E-state index contributed by atoms with van der Waals surface area (Å²) < 4.78 is 5.33. The number of aromatic nitrogens is 2. The predicted octanol–water partition coefficient (Wildman–Crippen LogP) is 1.69. The van der Waals surface area contributed by atoms with Crippen LogP contribution in [0.4, 0.5) is 5.82 Å². The maximum Gasteiger partial charge on any atom is 0.161 e. The fourth-order valence-corrected chi connectivity index (χ4v) is 2.10. The highest BCUT2D eigenvalue weighted by atomic mass is 16.5. The van der Waals surface area contributed by atoms with E-state index in [1.165, 1.54) is 0 Å². The van der Waals surface area contributed by atoms with Crippen LogP contribution in [-0.2, 0) is 4.74 Å². The van der Waals surface area contributed by atoms with Crippen LogP contribution >= 0.6 is 0 Å². The van der Waals surface area contributed by atoms with E-state index in [4.69, 9.17) is 4.74 Å². The summed E-state index contributed by atoms with van der Waals surface area (Å²) in [6.07, 6.45) is 1.75. The summed E-state index contributed by atoms with van der Waals surface area (Å²) in [6, 6.07) is 8.87. The number of phenols is 1. The van der Waals surface area contributed by atoms with Crippen molar-refractivity contribution in [3.8, 4) is 17.1 Å². The fraction of sp³-hybridized carbons (Fsp3) is 0.286. The molecule has 0 radical (unpaired) electrons. The predicted molar refractivity (Wildman–Crippen MR) is 72.2 cm³/mol. The first-order chi connectivity index (χ1) is 9.33. The third-order valence-corrected chi connectivity index (χ3v) is 3.08. The molecule has 98 valence electrons. The number of hydrogen-bond donors (Lipinski definition) is 1. The minimum absolute atomic E-state index is 0.220. The van der Waals surface area contributed by atoms with Crippen molar-refractivity contribution in [1.29, 1.82) is 0 Å². The summed E-state index contributed by atoms with van der Waals surface area (Å²) in [5.41, 5.74) is 0.815. The van der Waals surface area contributed by atoms with Crippen LogP contribution in [0.15, 0.2) is 36.5 Å². The highest BCUT2D eigenvalue weighted by molar-refractivity contribution is 5.59. The second-order valence-electron chi connectivity index (χ2n) is 4.39. The van der Waals surface area contributed by atoms with Crippen LogP contribution < -0.4 is 4.90 Å². The monoisotopic (exact) mass is 257 g/mol. The van der Waals surface area contributed by atoms with E-state index in [2.05, 4.69) is 14.9 Å². The van der Waals surface area contributed by atoms with Gasteiger partial charge in [0.2, 0.25) is 0 Å². The van der Waals surface area contributed by atoms with Crippen molar-refractivity contribution in [3.05, 3.63) is 36.5 Å². The Morgan fingerprint density at radius 1 is 1.16 bits per heavy atom. The van der Waals surface area contributed by atoms with Crippen LogP contribution in [0.1, 0.15) is 0 Å². The third kappa shape index (κ3) is 2.66. The zero-order valence-electron chi connectivity index (χ0n) is 10.5. The third-order valence-electron chi connectivity index (χ3n) is 3.08. The highest BCUT2D eigenvalue weighted by Crippen LogP contribution is 2.22. The van der Waals surface area contributed by atoms with Crippen LogP contribution in [-0.4, -0.2) is 41.4 Å². The Morgan fingerprint density at radius 3 is 2.79 bits per heavy atom. The van der Waals surface area contributed by atoms with Gasteiger partial charge in [-0.2, -0.15) is 0 Å². The summed E-state index contributed by atoms with van der Waals surface area (Å²) >= 11 is 0. The first kappa shape index (κ1) is 11.9. The smallest absolute Gasteiger partial charge is 0.161 e. The minimum atomic E-state index is 0.220. The summed E-state index contributed by atoms with van der Waals surface area (Å²) in [5.74, 6) is 1.74. The van der Waals surface area contributed by atoms with Gasteiger partial charge in [0.1, 0.15) is 11.6 Å². The molecular weight excluding hydrogens is 242 g/mol. The molecule has 0 unspecified atom stereocenters. The van der Waals surface area contributed by atoms with E-state index in [1.807, 2.05) is 12.1 Å². The van der Waals surface area contributed by atoms with E-state index >= 15 is 0 Å². The normalized spacial score (nSPS) is 15.5. The summed E-state index contributed by atoms with van der Waals surface area (Å²) in [7, 11) is 0. The molecule has 1 fully saturated rings. The average molecular weight is 257 g/mol. The number of rotatable bonds is 2. The molecule has 2 aromatic rings. The number of benzene rings is 1. The van der Waals surface area contributed by atoms with Crippen molar-refractivity contribution in [2.75, 3.05) is 31.2 Å². The van der Waals surface area contributed by atoms with Gasteiger partial charge in [0.25, 0.3) is 0 Å². The molecule has 0 bridgehead atoms. The lowest BCUT2D eigenvalue weighted by molar-refractivity contribution is 0.122. The summed E-state index contributed by atoms with van der Waals surface area (Å²) in [5, 5.41) is 9.51. The van der Waals surface area contributed by atoms with Crippen molar-refractivity contribution in [3.63, 3.8) is 0 Å². The van der Waals surface area contributed by atoms with Crippen molar-refractivity contribution in [2.24, 2.45) is 0 Å². The van der Waals surface area contributed by atoms with E-state index in [9.17, 15) is 5.11 Å². The van der Waals surface area contributed by atoms with E-state index in [0.29, 0.717) is 5.82 Å². The molecule has 0 spiro atoms. The van der Waals surface area contributed by atoms with Crippen LogP contribution in [0, 0.1) is 0 Å². The van der Waals surface area contributed by atoms with E-state index in [0.717, 1.165) is 37.7 Å². The number of ether oxygens (including phenoxy) is 1.